The van der Waals surface area contributed by atoms with E-state index in [4.69, 9.17) is 11.6 Å². The molecule has 0 aliphatic carbocycles. The maximum absolute atomic E-state index is 13.1. The van der Waals surface area contributed by atoms with Gasteiger partial charge in [0.2, 0.25) is 10.0 Å². The number of benzene rings is 2. The summed E-state index contributed by atoms with van der Waals surface area (Å²) in [6.45, 7) is 3.86. The Morgan fingerprint density at radius 1 is 0.912 bits per heavy atom. The van der Waals surface area contributed by atoms with Crippen molar-refractivity contribution in [3.05, 3.63) is 64.7 Å². The van der Waals surface area contributed by atoms with Gasteiger partial charge in [0, 0.05) is 36.3 Å². The topological polar surface area (TPSA) is 69.7 Å². The van der Waals surface area contributed by atoms with E-state index in [1.54, 1.807) is 22.5 Å². The molecule has 2 heterocycles. The second kappa shape index (κ2) is 11.8. The predicted molar refractivity (Wildman–Crippen MR) is 136 cm³/mol. The van der Waals surface area contributed by atoms with Crippen molar-refractivity contribution in [1.82, 2.24) is 14.5 Å². The molecule has 6 nitrogen and oxygen atoms in total. The maximum atomic E-state index is 13.1. The Labute approximate surface area is 208 Å². The number of rotatable bonds is 9. The first-order valence-electron chi connectivity index (χ1n) is 12.3. The fraction of sp³-hybridized carbons (Fsp3) is 0.500. The van der Waals surface area contributed by atoms with Crippen molar-refractivity contribution in [2.75, 3.05) is 39.3 Å². The number of hydrogen-bond donors (Lipinski definition) is 1. The zero-order chi connectivity index (χ0) is 24.0. The summed E-state index contributed by atoms with van der Waals surface area (Å²) in [5.74, 6) is -0.118. The van der Waals surface area contributed by atoms with Crippen molar-refractivity contribution in [3.63, 3.8) is 0 Å². The van der Waals surface area contributed by atoms with E-state index in [9.17, 15) is 13.2 Å². The minimum atomic E-state index is -3.59. The number of sulfonamides is 1. The van der Waals surface area contributed by atoms with Gasteiger partial charge in [0.1, 0.15) is 0 Å². The van der Waals surface area contributed by atoms with Crippen molar-refractivity contribution in [2.24, 2.45) is 0 Å². The third-order valence-corrected chi connectivity index (χ3v) is 9.07. The highest BCUT2D eigenvalue weighted by Gasteiger charge is 2.27. The zero-order valence-corrected chi connectivity index (χ0v) is 21.2. The molecular formula is C26H34ClN3O3S. The molecular weight excluding hydrogens is 470 g/mol. The van der Waals surface area contributed by atoms with Gasteiger partial charge < -0.3 is 5.32 Å². The fourth-order valence-corrected chi connectivity index (χ4v) is 6.75. The molecule has 0 saturated carbocycles. The first kappa shape index (κ1) is 25.3. The monoisotopic (exact) mass is 503 g/mol. The molecule has 0 radical (unpaired) electrons. The Hall–Kier alpha value is -1.77. The third kappa shape index (κ3) is 6.07. The van der Waals surface area contributed by atoms with Gasteiger partial charge in [-0.2, -0.15) is 4.31 Å². The van der Waals surface area contributed by atoms with E-state index in [1.807, 2.05) is 24.3 Å². The van der Waals surface area contributed by atoms with Crippen LogP contribution in [0.15, 0.2) is 53.4 Å². The SMILES string of the molecule is O=C(CNCC(c1ccccc1Cl)N1CCCC1)c1cccc(S(=O)(=O)N2CCCCCC2)c1. The van der Waals surface area contributed by atoms with Gasteiger partial charge in [0.05, 0.1) is 11.4 Å². The molecule has 2 fully saturated rings. The predicted octanol–water partition coefficient (Wildman–Crippen LogP) is 4.51. The van der Waals surface area contributed by atoms with Crippen LogP contribution in [0.4, 0.5) is 0 Å². The summed E-state index contributed by atoms with van der Waals surface area (Å²) in [5.41, 5.74) is 1.48. The van der Waals surface area contributed by atoms with Gasteiger partial charge in [-0.25, -0.2) is 8.42 Å². The average molecular weight is 504 g/mol. The minimum absolute atomic E-state index is 0.0961. The molecule has 4 rings (SSSR count). The van der Waals surface area contributed by atoms with Crippen LogP contribution in [0, 0.1) is 0 Å². The lowest BCUT2D eigenvalue weighted by Gasteiger charge is -2.29. The van der Waals surface area contributed by atoms with Crippen molar-refractivity contribution in [1.29, 1.82) is 0 Å². The highest BCUT2D eigenvalue weighted by molar-refractivity contribution is 7.89. The van der Waals surface area contributed by atoms with Crippen LogP contribution in [0.25, 0.3) is 0 Å². The van der Waals surface area contributed by atoms with Crippen LogP contribution in [0.2, 0.25) is 5.02 Å². The fourth-order valence-electron chi connectivity index (χ4n) is 4.92. The zero-order valence-electron chi connectivity index (χ0n) is 19.6. The summed E-state index contributed by atoms with van der Waals surface area (Å²) in [7, 11) is -3.59. The molecule has 0 amide bonds. The number of hydrogen-bond acceptors (Lipinski definition) is 5. The van der Waals surface area contributed by atoms with Crippen LogP contribution < -0.4 is 5.32 Å². The molecule has 1 atom stereocenters. The van der Waals surface area contributed by atoms with Gasteiger partial charge in [-0.3, -0.25) is 9.69 Å². The Morgan fingerprint density at radius 3 is 2.29 bits per heavy atom. The van der Waals surface area contributed by atoms with Gasteiger partial charge in [0.15, 0.2) is 5.78 Å². The molecule has 184 valence electrons. The Bertz CT molecular complexity index is 1080. The number of nitrogens with one attached hydrogen (secondary N) is 1. The van der Waals surface area contributed by atoms with Crippen LogP contribution in [0.3, 0.4) is 0 Å². The van der Waals surface area contributed by atoms with E-state index in [-0.39, 0.29) is 23.3 Å². The van der Waals surface area contributed by atoms with Crippen LogP contribution >= 0.6 is 11.6 Å². The molecule has 2 aliphatic heterocycles. The van der Waals surface area contributed by atoms with Crippen molar-refractivity contribution < 1.29 is 13.2 Å². The molecule has 34 heavy (non-hydrogen) atoms. The molecule has 0 bridgehead atoms. The summed E-state index contributed by atoms with van der Waals surface area (Å²) in [6.07, 6.45) is 6.21. The van der Waals surface area contributed by atoms with Gasteiger partial charge in [-0.1, -0.05) is 54.8 Å². The number of Topliss-reactive ketones (excluding diaryl/α,β-unsaturated/α-hetero) is 1. The van der Waals surface area contributed by atoms with Crippen molar-refractivity contribution in [2.45, 2.75) is 49.5 Å². The normalized spacial score (nSPS) is 19.1. The van der Waals surface area contributed by atoms with Crippen LogP contribution in [0.1, 0.15) is 60.5 Å². The van der Waals surface area contributed by atoms with E-state index in [0.717, 1.165) is 62.2 Å². The second-order valence-corrected chi connectivity index (χ2v) is 11.5. The number of nitrogens with zero attached hydrogens (tertiary/aromatic N) is 2. The third-order valence-electron chi connectivity index (χ3n) is 6.83. The molecule has 2 aromatic rings. The molecule has 1 N–H and O–H groups in total. The number of likely N-dealkylation sites (tertiary alicyclic amines) is 1. The van der Waals surface area contributed by atoms with Gasteiger partial charge in [-0.05, 0) is 62.5 Å². The molecule has 8 heteroatoms. The van der Waals surface area contributed by atoms with Crippen molar-refractivity contribution >= 4 is 27.4 Å². The van der Waals surface area contributed by atoms with E-state index in [1.165, 1.54) is 6.07 Å². The van der Waals surface area contributed by atoms with Gasteiger partial charge in [-0.15, -0.1) is 0 Å². The molecule has 2 aliphatic rings. The minimum Gasteiger partial charge on any atom is -0.308 e. The smallest absolute Gasteiger partial charge is 0.243 e. The summed E-state index contributed by atoms with van der Waals surface area (Å²) < 4.78 is 27.8. The number of carbonyl (C=O) groups is 1. The first-order valence-corrected chi connectivity index (χ1v) is 14.1. The van der Waals surface area contributed by atoms with Gasteiger partial charge >= 0.3 is 0 Å². The van der Waals surface area contributed by atoms with E-state index < -0.39 is 10.0 Å². The Kier molecular flexibility index (Phi) is 8.77. The average Bonchev–Trinajstić information content (AvgIpc) is 3.23. The lowest BCUT2D eigenvalue weighted by molar-refractivity contribution is 0.0987. The van der Waals surface area contributed by atoms with Crippen LogP contribution in [0.5, 0.6) is 0 Å². The lowest BCUT2D eigenvalue weighted by atomic mass is 10.0. The summed E-state index contributed by atoms with van der Waals surface area (Å²) in [6, 6.07) is 14.4. The highest BCUT2D eigenvalue weighted by atomic mass is 35.5. The Morgan fingerprint density at radius 2 is 1.59 bits per heavy atom. The highest BCUT2D eigenvalue weighted by Crippen LogP contribution is 2.29. The summed E-state index contributed by atoms with van der Waals surface area (Å²) in [4.78, 5) is 15.6. The first-order chi connectivity index (χ1) is 16.5. The number of ketones is 1. The van der Waals surface area contributed by atoms with E-state index in [2.05, 4.69) is 10.2 Å². The number of halogens is 1. The molecule has 0 spiro atoms. The molecule has 2 saturated heterocycles. The second-order valence-electron chi connectivity index (χ2n) is 9.18. The quantitative estimate of drug-likeness (QED) is 0.510. The van der Waals surface area contributed by atoms with Gasteiger partial charge in [0.25, 0.3) is 0 Å². The Balaban J connectivity index is 1.42. The van der Waals surface area contributed by atoms with Crippen LogP contribution in [-0.2, 0) is 10.0 Å². The summed E-state index contributed by atoms with van der Waals surface area (Å²) >= 11 is 6.49. The van der Waals surface area contributed by atoms with E-state index >= 15 is 0 Å². The maximum Gasteiger partial charge on any atom is 0.243 e. The summed E-state index contributed by atoms with van der Waals surface area (Å²) in [5, 5.41) is 4.04. The van der Waals surface area contributed by atoms with Crippen LogP contribution in [-0.4, -0.2) is 62.7 Å². The number of carbonyl (C=O) groups excluding carboxylic acids is 1. The van der Waals surface area contributed by atoms with E-state index in [0.29, 0.717) is 25.2 Å². The molecule has 1 unspecified atom stereocenters. The largest absolute Gasteiger partial charge is 0.308 e. The lowest BCUT2D eigenvalue weighted by Crippen LogP contribution is -2.36. The molecule has 0 aromatic heterocycles. The standard InChI is InChI=1S/C26H34ClN3O3S/c27-24-13-4-3-12-23(24)25(29-14-7-8-15-29)19-28-20-26(31)21-10-9-11-22(18-21)34(32,33)30-16-5-1-2-6-17-30/h3-4,9-13,18,25,28H,1-2,5-8,14-17,19-20H2. The molecule has 2 aromatic carbocycles. The van der Waals surface area contributed by atoms with Crippen molar-refractivity contribution in [3.8, 4) is 0 Å².